The first kappa shape index (κ1) is 14.2. The smallest absolute Gasteiger partial charge is 0.0975 e. The third kappa shape index (κ3) is 4.49. The number of benzene rings is 1. The van der Waals surface area contributed by atoms with E-state index in [1.807, 2.05) is 0 Å². The maximum absolute atomic E-state index is 6.16. The molecule has 0 radical (unpaired) electrons. The number of hydrogen-bond acceptors (Lipinski definition) is 2. The van der Waals surface area contributed by atoms with Crippen molar-refractivity contribution in [3.8, 4) is 0 Å². The van der Waals surface area contributed by atoms with Crippen molar-refractivity contribution in [2.45, 2.75) is 46.3 Å². The minimum Gasteiger partial charge on any atom is -0.372 e. The molecule has 0 fully saturated rings. The molecule has 17 heavy (non-hydrogen) atoms. The van der Waals surface area contributed by atoms with E-state index < -0.39 is 0 Å². The molecule has 0 heterocycles. The zero-order valence-corrected chi connectivity index (χ0v) is 11.4. The van der Waals surface area contributed by atoms with Gasteiger partial charge in [-0.3, -0.25) is 0 Å². The maximum Gasteiger partial charge on any atom is 0.0975 e. The lowest BCUT2D eigenvalue weighted by Gasteiger charge is -2.25. The highest BCUT2D eigenvalue weighted by atomic mass is 16.5. The fourth-order valence-electron chi connectivity index (χ4n) is 1.82. The molecular weight excluding hydrogens is 210 g/mol. The van der Waals surface area contributed by atoms with Crippen LogP contribution in [0.2, 0.25) is 0 Å². The molecule has 0 amide bonds. The summed E-state index contributed by atoms with van der Waals surface area (Å²) in [6.45, 7) is 9.27. The fraction of sp³-hybridized carbons (Fsp3) is 0.600. The molecule has 2 unspecified atom stereocenters. The maximum atomic E-state index is 6.16. The zero-order chi connectivity index (χ0) is 12.8. The molecule has 0 bridgehead atoms. The number of hydrogen-bond donors (Lipinski definition) is 1. The largest absolute Gasteiger partial charge is 0.372 e. The summed E-state index contributed by atoms with van der Waals surface area (Å²) in [5.74, 6) is 0.534. The van der Waals surface area contributed by atoms with Crippen LogP contribution in [-0.4, -0.2) is 12.6 Å². The molecule has 2 nitrogen and oxygen atoms in total. The quantitative estimate of drug-likeness (QED) is 0.819. The molecule has 0 aliphatic carbocycles. The van der Waals surface area contributed by atoms with Crippen molar-refractivity contribution >= 4 is 0 Å². The Morgan fingerprint density at radius 1 is 1.29 bits per heavy atom. The first-order valence-electron chi connectivity index (χ1n) is 6.48. The predicted molar refractivity (Wildman–Crippen MR) is 73.0 cm³/mol. The molecule has 0 spiro atoms. The van der Waals surface area contributed by atoms with Crippen LogP contribution in [0, 0.1) is 12.8 Å². The lowest BCUT2D eigenvalue weighted by atomic mass is 9.99. The highest BCUT2D eigenvalue weighted by Gasteiger charge is 2.19. The van der Waals surface area contributed by atoms with Crippen LogP contribution in [0.5, 0.6) is 0 Å². The van der Waals surface area contributed by atoms with Gasteiger partial charge in [0.15, 0.2) is 0 Å². The van der Waals surface area contributed by atoms with Crippen molar-refractivity contribution in [1.29, 1.82) is 0 Å². The molecule has 1 aromatic rings. The number of aryl methyl sites for hydroxylation is 1. The van der Waals surface area contributed by atoms with Gasteiger partial charge in [-0.25, -0.2) is 0 Å². The van der Waals surface area contributed by atoms with Gasteiger partial charge in [0.1, 0.15) is 0 Å². The van der Waals surface area contributed by atoms with Crippen LogP contribution in [-0.2, 0) is 4.74 Å². The van der Waals surface area contributed by atoms with Crippen molar-refractivity contribution in [3.63, 3.8) is 0 Å². The first-order chi connectivity index (χ1) is 8.04. The van der Waals surface area contributed by atoms with Crippen LogP contribution in [0.4, 0.5) is 0 Å². The zero-order valence-electron chi connectivity index (χ0n) is 11.4. The van der Waals surface area contributed by atoms with Crippen LogP contribution < -0.4 is 5.73 Å². The summed E-state index contributed by atoms with van der Waals surface area (Å²) in [5, 5.41) is 0. The molecule has 0 saturated heterocycles. The van der Waals surface area contributed by atoms with Gasteiger partial charge >= 0.3 is 0 Å². The number of rotatable bonds is 6. The molecule has 2 N–H and O–H groups in total. The Labute approximate surface area is 105 Å². The van der Waals surface area contributed by atoms with Gasteiger partial charge in [-0.2, -0.15) is 0 Å². The monoisotopic (exact) mass is 235 g/mol. The molecule has 0 saturated carbocycles. The Bertz CT molecular complexity index is 335. The fourth-order valence-corrected chi connectivity index (χ4v) is 1.82. The van der Waals surface area contributed by atoms with Crippen LogP contribution in [0.3, 0.4) is 0 Å². The Kier molecular flexibility index (Phi) is 5.66. The Balaban J connectivity index is 2.82. The summed E-state index contributed by atoms with van der Waals surface area (Å²) in [4.78, 5) is 0. The van der Waals surface area contributed by atoms with E-state index in [0.717, 1.165) is 13.0 Å². The second-order valence-corrected chi connectivity index (χ2v) is 5.13. The molecular formula is C15H25NO. The third-order valence-electron chi connectivity index (χ3n) is 2.84. The number of ether oxygens (including phenoxy) is 1. The van der Waals surface area contributed by atoms with Crippen LogP contribution in [0.25, 0.3) is 0 Å². The summed E-state index contributed by atoms with van der Waals surface area (Å²) in [6, 6.07) is 8.50. The lowest BCUT2D eigenvalue weighted by Crippen LogP contribution is -2.30. The third-order valence-corrected chi connectivity index (χ3v) is 2.84. The highest BCUT2D eigenvalue weighted by molar-refractivity contribution is 5.25. The summed E-state index contributed by atoms with van der Waals surface area (Å²) >= 11 is 0. The highest BCUT2D eigenvalue weighted by Crippen LogP contribution is 2.23. The summed E-state index contributed by atoms with van der Waals surface area (Å²) in [7, 11) is 0. The molecule has 96 valence electrons. The summed E-state index contributed by atoms with van der Waals surface area (Å²) in [6.07, 6.45) is 0.943. The second kappa shape index (κ2) is 6.77. The van der Waals surface area contributed by atoms with Gasteiger partial charge in [-0.15, -0.1) is 0 Å². The van der Waals surface area contributed by atoms with Crippen molar-refractivity contribution in [3.05, 3.63) is 35.4 Å². The van der Waals surface area contributed by atoms with Gasteiger partial charge < -0.3 is 10.5 Å². The van der Waals surface area contributed by atoms with Gasteiger partial charge in [0.05, 0.1) is 6.10 Å². The van der Waals surface area contributed by atoms with Crippen LogP contribution in [0.1, 0.15) is 44.4 Å². The van der Waals surface area contributed by atoms with E-state index in [2.05, 4.69) is 52.0 Å². The topological polar surface area (TPSA) is 35.2 Å². The van der Waals surface area contributed by atoms with Crippen LogP contribution in [0.15, 0.2) is 24.3 Å². The van der Waals surface area contributed by atoms with Crippen LogP contribution >= 0.6 is 0 Å². The van der Waals surface area contributed by atoms with E-state index in [9.17, 15) is 0 Å². The Hall–Kier alpha value is -0.860. The number of nitrogens with two attached hydrogens (primary N) is 1. The van der Waals surface area contributed by atoms with E-state index in [-0.39, 0.29) is 12.1 Å². The summed E-state index contributed by atoms with van der Waals surface area (Å²) in [5.41, 5.74) is 8.61. The average molecular weight is 235 g/mol. The molecule has 1 aromatic carbocycles. The molecule has 1 rings (SSSR count). The van der Waals surface area contributed by atoms with Crippen molar-refractivity contribution < 1.29 is 4.74 Å². The molecule has 0 aliphatic rings. The average Bonchev–Trinajstić information content (AvgIpc) is 2.28. The van der Waals surface area contributed by atoms with Gasteiger partial charge in [-0.1, -0.05) is 50.6 Å². The van der Waals surface area contributed by atoms with Gasteiger partial charge in [-0.05, 0) is 24.8 Å². The van der Waals surface area contributed by atoms with Gasteiger partial charge in [0.25, 0.3) is 0 Å². The van der Waals surface area contributed by atoms with Crippen molar-refractivity contribution in [2.75, 3.05) is 6.61 Å². The molecule has 2 heteroatoms. The first-order valence-corrected chi connectivity index (χ1v) is 6.48. The lowest BCUT2D eigenvalue weighted by molar-refractivity contribution is 0.0177. The van der Waals surface area contributed by atoms with E-state index >= 15 is 0 Å². The minimum absolute atomic E-state index is 0.0160. The van der Waals surface area contributed by atoms with Crippen molar-refractivity contribution in [1.82, 2.24) is 0 Å². The van der Waals surface area contributed by atoms with Crippen molar-refractivity contribution in [2.24, 2.45) is 11.7 Å². The SMILES string of the molecule is CCC(N)C(OCC(C)C)c1cccc(C)c1. The van der Waals surface area contributed by atoms with E-state index in [0.29, 0.717) is 5.92 Å². The Morgan fingerprint density at radius 2 is 2.00 bits per heavy atom. The normalized spacial score (nSPS) is 14.9. The molecule has 0 aromatic heterocycles. The van der Waals surface area contributed by atoms with Gasteiger partial charge in [0, 0.05) is 12.6 Å². The van der Waals surface area contributed by atoms with Gasteiger partial charge in [0.2, 0.25) is 0 Å². The standard InChI is InChI=1S/C15H25NO/c1-5-14(16)15(17-10-11(2)3)13-8-6-7-12(4)9-13/h6-9,11,14-15H,5,10,16H2,1-4H3. The minimum atomic E-state index is 0.0160. The second-order valence-electron chi connectivity index (χ2n) is 5.13. The summed E-state index contributed by atoms with van der Waals surface area (Å²) < 4.78 is 5.97. The van der Waals surface area contributed by atoms with E-state index in [1.165, 1.54) is 11.1 Å². The molecule has 2 atom stereocenters. The Morgan fingerprint density at radius 3 is 2.53 bits per heavy atom. The van der Waals surface area contributed by atoms with E-state index in [1.54, 1.807) is 0 Å². The predicted octanol–water partition coefficient (Wildman–Crippen LogP) is 3.45. The molecule has 0 aliphatic heterocycles. The van der Waals surface area contributed by atoms with E-state index in [4.69, 9.17) is 10.5 Å².